The zero-order chi connectivity index (χ0) is 15.1. The summed E-state index contributed by atoms with van der Waals surface area (Å²) in [4.78, 5) is 13.8. The van der Waals surface area contributed by atoms with Crippen molar-refractivity contribution in [3.63, 3.8) is 0 Å². The highest BCUT2D eigenvalue weighted by Gasteiger charge is 2.18. The van der Waals surface area contributed by atoms with Crippen molar-refractivity contribution in [1.29, 1.82) is 0 Å². The van der Waals surface area contributed by atoms with Crippen molar-refractivity contribution in [2.75, 3.05) is 20.3 Å². The molecule has 1 aromatic carbocycles. The second-order valence-electron chi connectivity index (χ2n) is 5.08. The molecule has 0 spiro atoms. The number of methoxy groups -OCH3 is 1. The molecule has 1 saturated heterocycles. The lowest BCUT2D eigenvalue weighted by atomic mass is 10.1. The summed E-state index contributed by atoms with van der Waals surface area (Å²) in [7, 11) is 1.61. The van der Waals surface area contributed by atoms with Gasteiger partial charge in [-0.05, 0) is 30.5 Å². The van der Waals surface area contributed by atoms with E-state index in [1.165, 1.54) is 0 Å². The summed E-state index contributed by atoms with van der Waals surface area (Å²) >= 11 is 0. The van der Waals surface area contributed by atoms with Gasteiger partial charge in [-0.25, -0.2) is 0 Å². The predicted molar refractivity (Wildman–Crippen MR) is 80.8 cm³/mol. The number of aliphatic hydroxyl groups excluding tert-OH is 1. The minimum Gasteiger partial charge on any atom is -0.495 e. The molecule has 1 aliphatic heterocycles. The van der Waals surface area contributed by atoms with E-state index in [9.17, 15) is 4.79 Å². The minimum atomic E-state index is 0.0529. The summed E-state index contributed by atoms with van der Waals surface area (Å²) in [6.07, 6.45) is 3.16. The molecule has 1 fully saturated rings. The number of carbonyl (C=O) groups is 1. The molecule has 1 aromatic rings. The van der Waals surface area contributed by atoms with E-state index in [4.69, 9.17) is 9.84 Å². The van der Waals surface area contributed by atoms with E-state index in [1.54, 1.807) is 7.11 Å². The Kier molecular flexibility index (Phi) is 5.65. The van der Waals surface area contributed by atoms with E-state index in [0.29, 0.717) is 25.1 Å². The number of ether oxygens (including phenoxy) is 1. The van der Waals surface area contributed by atoms with Gasteiger partial charge in [0.05, 0.1) is 19.3 Å². The fourth-order valence-corrected chi connectivity index (χ4v) is 2.41. The third-order valence-electron chi connectivity index (χ3n) is 3.52. The molecule has 0 saturated carbocycles. The van der Waals surface area contributed by atoms with Crippen molar-refractivity contribution in [1.82, 2.24) is 4.90 Å². The molecule has 21 heavy (non-hydrogen) atoms. The van der Waals surface area contributed by atoms with Crippen LogP contribution in [0, 0.1) is 11.8 Å². The molecule has 4 heteroatoms. The van der Waals surface area contributed by atoms with Gasteiger partial charge >= 0.3 is 0 Å². The average Bonchev–Trinajstić information content (AvgIpc) is 2.50. The van der Waals surface area contributed by atoms with Crippen molar-refractivity contribution in [2.24, 2.45) is 0 Å². The lowest BCUT2D eigenvalue weighted by molar-refractivity contribution is -0.133. The van der Waals surface area contributed by atoms with E-state index in [-0.39, 0.29) is 12.5 Å². The normalized spacial score (nSPS) is 14.6. The van der Waals surface area contributed by atoms with Gasteiger partial charge in [-0.1, -0.05) is 17.9 Å². The van der Waals surface area contributed by atoms with Gasteiger partial charge in [0.1, 0.15) is 5.75 Å². The first kappa shape index (κ1) is 15.4. The molecular formula is C17H21NO3. The van der Waals surface area contributed by atoms with Crippen LogP contribution >= 0.6 is 0 Å². The molecule has 1 amide bonds. The number of rotatable bonds is 4. The van der Waals surface area contributed by atoms with Crippen molar-refractivity contribution < 1.29 is 14.6 Å². The van der Waals surface area contributed by atoms with Gasteiger partial charge in [-0.2, -0.15) is 0 Å². The van der Waals surface area contributed by atoms with Crippen molar-refractivity contribution in [2.45, 2.75) is 32.2 Å². The average molecular weight is 287 g/mol. The molecule has 4 nitrogen and oxygen atoms in total. The number of piperidine rings is 1. The molecule has 0 unspecified atom stereocenters. The van der Waals surface area contributed by atoms with E-state index < -0.39 is 0 Å². The Hall–Kier alpha value is -1.99. The van der Waals surface area contributed by atoms with E-state index in [0.717, 1.165) is 30.5 Å². The number of carbonyl (C=O) groups excluding carboxylic acids is 1. The molecule has 112 valence electrons. The number of benzene rings is 1. The van der Waals surface area contributed by atoms with Crippen molar-refractivity contribution in [3.05, 3.63) is 29.3 Å². The second kappa shape index (κ2) is 7.70. The summed E-state index contributed by atoms with van der Waals surface area (Å²) in [5.41, 5.74) is 1.85. The molecular weight excluding hydrogens is 266 g/mol. The quantitative estimate of drug-likeness (QED) is 0.861. The Bertz CT molecular complexity index is 557. The van der Waals surface area contributed by atoms with Crippen LogP contribution in [0.1, 0.15) is 36.8 Å². The van der Waals surface area contributed by atoms with Gasteiger partial charge in [0, 0.05) is 25.9 Å². The van der Waals surface area contributed by atoms with Crippen LogP contribution in [-0.2, 0) is 11.3 Å². The lowest BCUT2D eigenvalue weighted by Gasteiger charge is -2.26. The smallest absolute Gasteiger partial charge is 0.222 e. The molecule has 1 N–H and O–H groups in total. The number of hydrogen-bond donors (Lipinski definition) is 1. The summed E-state index contributed by atoms with van der Waals surface area (Å²) < 4.78 is 5.30. The molecule has 2 rings (SSSR count). The van der Waals surface area contributed by atoms with Crippen molar-refractivity contribution in [3.8, 4) is 17.6 Å². The highest BCUT2D eigenvalue weighted by molar-refractivity contribution is 5.76. The van der Waals surface area contributed by atoms with E-state index in [2.05, 4.69) is 11.8 Å². The minimum absolute atomic E-state index is 0.0529. The number of aliphatic hydroxyl groups is 1. The maximum atomic E-state index is 11.9. The van der Waals surface area contributed by atoms with Gasteiger partial charge in [-0.15, -0.1) is 0 Å². The zero-order valence-corrected chi connectivity index (χ0v) is 12.4. The maximum Gasteiger partial charge on any atom is 0.222 e. The van der Waals surface area contributed by atoms with Gasteiger partial charge in [0.2, 0.25) is 5.91 Å². The highest BCUT2D eigenvalue weighted by atomic mass is 16.5. The topological polar surface area (TPSA) is 49.8 Å². The van der Waals surface area contributed by atoms with E-state index in [1.807, 2.05) is 23.1 Å². The maximum absolute atomic E-state index is 11.9. The van der Waals surface area contributed by atoms with Gasteiger partial charge in [0.25, 0.3) is 0 Å². The highest BCUT2D eigenvalue weighted by Crippen LogP contribution is 2.21. The Labute approximate surface area is 125 Å². The van der Waals surface area contributed by atoms with Crippen LogP contribution < -0.4 is 4.74 Å². The van der Waals surface area contributed by atoms with Crippen LogP contribution in [-0.4, -0.2) is 36.2 Å². The number of amides is 1. The van der Waals surface area contributed by atoms with Crippen LogP contribution in [0.15, 0.2) is 18.2 Å². The fourth-order valence-electron chi connectivity index (χ4n) is 2.41. The Morgan fingerprint density at radius 1 is 1.38 bits per heavy atom. The molecule has 0 aliphatic carbocycles. The Balaban J connectivity index is 2.15. The van der Waals surface area contributed by atoms with Crippen LogP contribution in [0.2, 0.25) is 0 Å². The SMILES string of the molecule is COc1ccc(CN2CCCCC2=O)cc1C#CCCO. The molecule has 0 aromatic heterocycles. The summed E-state index contributed by atoms with van der Waals surface area (Å²) in [6, 6.07) is 5.82. The number of hydrogen-bond acceptors (Lipinski definition) is 3. The van der Waals surface area contributed by atoms with Crippen LogP contribution in [0.4, 0.5) is 0 Å². The first-order valence-corrected chi connectivity index (χ1v) is 7.29. The summed E-state index contributed by atoms with van der Waals surface area (Å²) in [5.74, 6) is 6.86. The summed E-state index contributed by atoms with van der Waals surface area (Å²) in [5, 5.41) is 8.79. The van der Waals surface area contributed by atoms with Crippen LogP contribution in [0.5, 0.6) is 5.75 Å². The number of likely N-dealkylation sites (tertiary alicyclic amines) is 1. The summed E-state index contributed by atoms with van der Waals surface area (Å²) in [6.45, 7) is 1.51. The largest absolute Gasteiger partial charge is 0.495 e. The first-order chi connectivity index (χ1) is 10.2. The monoisotopic (exact) mass is 287 g/mol. The third kappa shape index (κ3) is 4.24. The standard InChI is InChI=1S/C17H21NO3/c1-21-16-9-8-14(12-15(16)6-3-5-11-19)13-18-10-4-2-7-17(18)20/h8-9,12,19H,2,4-5,7,10-11,13H2,1H3. The Morgan fingerprint density at radius 2 is 2.24 bits per heavy atom. The van der Waals surface area contributed by atoms with Gasteiger partial charge in [0.15, 0.2) is 0 Å². The van der Waals surface area contributed by atoms with Crippen LogP contribution in [0.25, 0.3) is 0 Å². The predicted octanol–water partition coefficient (Wildman–Crippen LogP) is 1.94. The molecule has 0 radical (unpaired) electrons. The third-order valence-corrected chi connectivity index (χ3v) is 3.52. The zero-order valence-electron chi connectivity index (χ0n) is 12.4. The van der Waals surface area contributed by atoms with Crippen molar-refractivity contribution >= 4 is 5.91 Å². The lowest BCUT2D eigenvalue weighted by Crippen LogP contribution is -2.34. The fraction of sp³-hybridized carbons (Fsp3) is 0.471. The number of nitrogens with zero attached hydrogens (tertiary/aromatic N) is 1. The van der Waals surface area contributed by atoms with Crippen LogP contribution in [0.3, 0.4) is 0 Å². The molecule has 0 bridgehead atoms. The second-order valence-corrected chi connectivity index (χ2v) is 5.08. The first-order valence-electron chi connectivity index (χ1n) is 7.29. The Morgan fingerprint density at radius 3 is 2.95 bits per heavy atom. The van der Waals surface area contributed by atoms with E-state index >= 15 is 0 Å². The van der Waals surface area contributed by atoms with Gasteiger partial charge < -0.3 is 14.7 Å². The molecule has 1 aliphatic rings. The molecule has 1 heterocycles. The van der Waals surface area contributed by atoms with Gasteiger partial charge in [-0.3, -0.25) is 4.79 Å². The molecule has 0 atom stereocenters.